The largest absolute Gasteiger partial charge is 0.355 e. The predicted molar refractivity (Wildman–Crippen MR) is 94.6 cm³/mol. The number of nitrogens with one attached hydrogen (secondary N) is 1. The van der Waals surface area contributed by atoms with E-state index >= 15 is 0 Å². The predicted octanol–water partition coefficient (Wildman–Crippen LogP) is 2.93. The number of carbonyl (C=O) groups excluding carboxylic acids is 2. The van der Waals surface area contributed by atoms with E-state index in [9.17, 15) is 14.0 Å². The molecule has 1 saturated heterocycles. The lowest BCUT2D eigenvalue weighted by Crippen LogP contribution is -2.37. The van der Waals surface area contributed by atoms with Gasteiger partial charge in [0.2, 0.25) is 11.8 Å². The molecular formula is C20H21FN2O2. The van der Waals surface area contributed by atoms with Gasteiger partial charge < -0.3 is 10.2 Å². The number of carbonyl (C=O) groups is 2. The number of hydrogen-bond donors (Lipinski definition) is 1. The summed E-state index contributed by atoms with van der Waals surface area (Å²) < 4.78 is 13.0. The van der Waals surface area contributed by atoms with Crippen molar-refractivity contribution in [3.8, 4) is 0 Å². The average molecular weight is 340 g/mol. The minimum atomic E-state index is -0.651. The Morgan fingerprint density at radius 2 is 1.84 bits per heavy atom. The molecule has 0 aliphatic carbocycles. The number of anilines is 1. The fraction of sp³-hybridized carbons (Fsp3) is 0.300. The van der Waals surface area contributed by atoms with E-state index in [1.54, 1.807) is 17.0 Å². The summed E-state index contributed by atoms with van der Waals surface area (Å²) in [6.45, 7) is 1.03. The average Bonchev–Trinajstić information content (AvgIpc) is 3.02. The smallest absolute Gasteiger partial charge is 0.239 e. The van der Waals surface area contributed by atoms with Crippen molar-refractivity contribution < 1.29 is 14.0 Å². The van der Waals surface area contributed by atoms with E-state index in [0.717, 1.165) is 12.8 Å². The maximum atomic E-state index is 13.0. The molecule has 1 N–H and O–H groups in total. The molecule has 0 radical (unpaired) electrons. The Morgan fingerprint density at radius 1 is 1.12 bits per heavy atom. The Morgan fingerprint density at radius 3 is 2.56 bits per heavy atom. The van der Waals surface area contributed by atoms with Gasteiger partial charge in [0, 0.05) is 18.8 Å². The second kappa shape index (κ2) is 7.92. The van der Waals surface area contributed by atoms with Crippen LogP contribution >= 0.6 is 0 Å². The quantitative estimate of drug-likeness (QED) is 0.649. The zero-order valence-electron chi connectivity index (χ0n) is 14.0. The molecule has 1 atom stereocenters. The molecule has 1 aliphatic rings. The van der Waals surface area contributed by atoms with Crippen LogP contribution in [0.4, 0.5) is 10.1 Å². The highest BCUT2D eigenvalue weighted by atomic mass is 19.1. The summed E-state index contributed by atoms with van der Waals surface area (Å²) in [6.07, 6.45) is 2.21. The number of benzene rings is 2. The van der Waals surface area contributed by atoms with E-state index < -0.39 is 5.92 Å². The van der Waals surface area contributed by atoms with Gasteiger partial charge in [-0.15, -0.1) is 0 Å². The Kier molecular flexibility index (Phi) is 5.43. The standard InChI is InChI=1S/C20H21FN2O2/c21-16-8-10-17(11-9-16)23-14-12-18(20(23)25)19(24)22-13-4-7-15-5-2-1-3-6-15/h1-3,5-6,8-11,18H,4,7,12-14H2,(H,22,24). The molecule has 1 fully saturated rings. The molecule has 5 heteroatoms. The Hall–Kier alpha value is -2.69. The topological polar surface area (TPSA) is 49.4 Å². The van der Waals surface area contributed by atoms with Crippen molar-refractivity contribution in [3.05, 3.63) is 66.0 Å². The number of nitrogens with zero attached hydrogens (tertiary/aromatic N) is 1. The monoisotopic (exact) mass is 340 g/mol. The Balaban J connectivity index is 1.48. The van der Waals surface area contributed by atoms with Crippen LogP contribution in [-0.2, 0) is 16.0 Å². The molecule has 2 aromatic carbocycles. The van der Waals surface area contributed by atoms with Gasteiger partial charge in [-0.25, -0.2) is 4.39 Å². The number of hydrogen-bond acceptors (Lipinski definition) is 2. The van der Waals surface area contributed by atoms with Crippen LogP contribution in [0.25, 0.3) is 0 Å². The van der Waals surface area contributed by atoms with Crippen molar-refractivity contribution in [2.24, 2.45) is 5.92 Å². The van der Waals surface area contributed by atoms with Gasteiger partial charge in [0.05, 0.1) is 0 Å². The second-order valence-electron chi connectivity index (χ2n) is 6.19. The van der Waals surface area contributed by atoms with E-state index in [0.29, 0.717) is 25.2 Å². The highest BCUT2D eigenvalue weighted by Crippen LogP contribution is 2.25. The lowest BCUT2D eigenvalue weighted by atomic mass is 10.1. The molecule has 2 amide bonds. The van der Waals surface area contributed by atoms with Gasteiger partial charge in [-0.05, 0) is 49.1 Å². The number of halogens is 1. The normalized spacial score (nSPS) is 16.9. The zero-order valence-corrected chi connectivity index (χ0v) is 14.0. The van der Waals surface area contributed by atoms with Gasteiger partial charge in [0.1, 0.15) is 11.7 Å². The molecule has 0 spiro atoms. The van der Waals surface area contributed by atoms with Crippen molar-refractivity contribution >= 4 is 17.5 Å². The van der Waals surface area contributed by atoms with Crippen LogP contribution in [0.5, 0.6) is 0 Å². The van der Waals surface area contributed by atoms with Gasteiger partial charge in [-0.2, -0.15) is 0 Å². The highest BCUT2D eigenvalue weighted by Gasteiger charge is 2.37. The molecule has 3 rings (SSSR count). The molecule has 25 heavy (non-hydrogen) atoms. The third-order valence-corrected chi connectivity index (χ3v) is 4.44. The number of rotatable bonds is 6. The van der Waals surface area contributed by atoms with Crippen LogP contribution in [-0.4, -0.2) is 24.9 Å². The van der Waals surface area contributed by atoms with Gasteiger partial charge in [0.25, 0.3) is 0 Å². The molecule has 1 aliphatic heterocycles. The molecule has 0 bridgehead atoms. The first-order valence-corrected chi connectivity index (χ1v) is 8.54. The van der Waals surface area contributed by atoms with E-state index in [1.165, 1.54) is 17.7 Å². The highest BCUT2D eigenvalue weighted by molar-refractivity contribution is 6.09. The first-order chi connectivity index (χ1) is 12.1. The zero-order chi connectivity index (χ0) is 17.6. The van der Waals surface area contributed by atoms with E-state index in [1.807, 2.05) is 18.2 Å². The minimum Gasteiger partial charge on any atom is -0.355 e. The van der Waals surface area contributed by atoms with E-state index in [4.69, 9.17) is 0 Å². The first kappa shape index (κ1) is 17.1. The van der Waals surface area contributed by atoms with Crippen LogP contribution < -0.4 is 10.2 Å². The van der Waals surface area contributed by atoms with Crippen LogP contribution in [0.3, 0.4) is 0 Å². The molecule has 2 aromatic rings. The van der Waals surface area contributed by atoms with E-state index in [-0.39, 0.29) is 17.6 Å². The van der Waals surface area contributed by atoms with Gasteiger partial charge in [-0.3, -0.25) is 9.59 Å². The van der Waals surface area contributed by atoms with Crippen molar-refractivity contribution in [3.63, 3.8) is 0 Å². The van der Waals surface area contributed by atoms with Crippen LogP contribution in [0.15, 0.2) is 54.6 Å². The van der Waals surface area contributed by atoms with Crippen LogP contribution in [0.2, 0.25) is 0 Å². The second-order valence-corrected chi connectivity index (χ2v) is 6.19. The summed E-state index contributed by atoms with van der Waals surface area (Å²) in [5.41, 5.74) is 1.86. The number of amides is 2. The lowest BCUT2D eigenvalue weighted by Gasteiger charge is -2.16. The first-order valence-electron chi connectivity index (χ1n) is 8.54. The van der Waals surface area contributed by atoms with Crippen molar-refractivity contribution in [2.75, 3.05) is 18.0 Å². The fourth-order valence-electron chi connectivity index (χ4n) is 3.07. The third kappa shape index (κ3) is 4.24. The molecule has 0 aromatic heterocycles. The van der Waals surface area contributed by atoms with Crippen molar-refractivity contribution in [2.45, 2.75) is 19.3 Å². The molecular weight excluding hydrogens is 319 g/mol. The van der Waals surface area contributed by atoms with Crippen molar-refractivity contribution in [1.29, 1.82) is 0 Å². The minimum absolute atomic E-state index is 0.216. The maximum absolute atomic E-state index is 13.0. The third-order valence-electron chi connectivity index (χ3n) is 4.44. The summed E-state index contributed by atoms with van der Waals surface area (Å²) in [5.74, 6) is -1.43. The Labute approximate surface area is 146 Å². The molecule has 4 nitrogen and oxygen atoms in total. The summed E-state index contributed by atoms with van der Waals surface area (Å²) in [6, 6.07) is 15.8. The van der Waals surface area contributed by atoms with Crippen LogP contribution in [0, 0.1) is 11.7 Å². The van der Waals surface area contributed by atoms with Gasteiger partial charge in [-0.1, -0.05) is 30.3 Å². The summed E-state index contributed by atoms with van der Waals surface area (Å²) in [5, 5.41) is 2.86. The van der Waals surface area contributed by atoms with Crippen LogP contribution in [0.1, 0.15) is 18.4 Å². The SMILES string of the molecule is O=C(NCCCc1ccccc1)C1CCN(c2ccc(F)cc2)C1=O. The summed E-state index contributed by atoms with van der Waals surface area (Å²) in [4.78, 5) is 26.3. The molecule has 1 heterocycles. The van der Waals surface area contributed by atoms with E-state index in [2.05, 4.69) is 17.4 Å². The summed E-state index contributed by atoms with van der Waals surface area (Å²) >= 11 is 0. The molecule has 130 valence electrons. The van der Waals surface area contributed by atoms with Crippen molar-refractivity contribution in [1.82, 2.24) is 5.32 Å². The molecule has 0 saturated carbocycles. The Bertz CT molecular complexity index is 731. The summed E-state index contributed by atoms with van der Waals surface area (Å²) in [7, 11) is 0. The number of aryl methyl sites for hydroxylation is 1. The fourth-order valence-corrected chi connectivity index (χ4v) is 3.07. The lowest BCUT2D eigenvalue weighted by molar-refractivity contribution is -0.132. The molecule has 1 unspecified atom stereocenters. The van der Waals surface area contributed by atoms with Gasteiger partial charge >= 0.3 is 0 Å². The van der Waals surface area contributed by atoms with Gasteiger partial charge in [0.15, 0.2) is 0 Å². The maximum Gasteiger partial charge on any atom is 0.239 e.